The van der Waals surface area contributed by atoms with Gasteiger partial charge in [-0.25, -0.2) is 0 Å². The van der Waals surface area contributed by atoms with Gasteiger partial charge in [0.25, 0.3) is 0 Å². The second-order valence-electron chi connectivity index (χ2n) is 3.84. The van der Waals surface area contributed by atoms with Gasteiger partial charge in [0.05, 0.1) is 6.61 Å². The van der Waals surface area contributed by atoms with Gasteiger partial charge in [0.1, 0.15) is 5.75 Å². The number of aryl methyl sites for hydroxylation is 1. The summed E-state index contributed by atoms with van der Waals surface area (Å²) in [5, 5.41) is 0.689. The SMILES string of the molecule is CCOc1ccc2[nH]c(C)c(C)c(=O)c2c1. The van der Waals surface area contributed by atoms with Gasteiger partial charge >= 0.3 is 0 Å². The zero-order valence-electron chi connectivity index (χ0n) is 9.76. The highest BCUT2D eigenvalue weighted by atomic mass is 16.5. The molecule has 84 valence electrons. The standard InChI is InChI=1S/C13H15NO2/c1-4-16-10-5-6-12-11(7-10)13(15)8(2)9(3)14-12/h5-7H,4H2,1-3H3,(H,14,15). The smallest absolute Gasteiger partial charge is 0.192 e. The van der Waals surface area contributed by atoms with Gasteiger partial charge in [0.2, 0.25) is 0 Å². The number of nitrogens with one attached hydrogen (secondary N) is 1. The summed E-state index contributed by atoms with van der Waals surface area (Å²) in [6, 6.07) is 5.55. The van der Waals surface area contributed by atoms with Gasteiger partial charge < -0.3 is 9.72 Å². The lowest BCUT2D eigenvalue weighted by molar-refractivity contribution is 0.340. The Bertz CT molecular complexity index is 584. The third kappa shape index (κ3) is 1.69. The molecule has 0 bridgehead atoms. The first kappa shape index (κ1) is 10.7. The predicted octanol–water partition coefficient (Wildman–Crippen LogP) is 2.54. The number of pyridine rings is 1. The van der Waals surface area contributed by atoms with Crippen LogP contribution in [-0.2, 0) is 0 Å². The van der Waals surface area contributed by atoms with Crippen LogP contribution in [0, 0.1) is 13.8 Å². The normalized spacial score (nSPS) is 10.7. The molecule has 2 aromatic rings. The number of ether oxygens (including phenoxy) is 1. The van der Waals surface area contributed by atoms with Crippen molar-refractivity contribution < 1.29 is 4.74 Å². The lowest BCUT2D eigenvalue weighted by Gasteiger charge is -2.07. The molecule has 0 amide bonds. The number of hydrogen-bond acceptors (Lipinski definition) is 2. The summed E-state index contributed by atoms with van der Waals surface area (Å²) >= 11 is 0. The first-order chi connectivity index (χ1) is 7.63. The third-order valence-corrected chi connectivity index (χ3v) is 2.77. The van der Waals surface area contributed by atoms with Crippen LogP contribution in [0.25, 0.3) is 10.9 Å². The maximum absolute atomic E-state index is 12.0. The highest BCUT2D eigenvalue weighted by Crippen LogP contribution is 2.18. The van der Waals surface area contributed by atoms with E-state index in [-0.39, 0.29) is 5.43 Å². The van der Waals surface area contributed by atoms with Crippen LogP contribution in [0.5, 0.6) is 5.75 Å². The molecule has 0 aliphatic carbocycles. The van der Waals surface area contributed by atoms with Crippen LogP contribution in [0.15, 0.2) is 23.0 Å². The quantitative estimate of drug-likeness (QED) is 0.840. The van der Waals surface area contributed by atoms with Crippen molar-refractivity contribution in [3.05, 3.63) is 39.7 Å². The van der Waals surface area contributed by atoms with Crippen molar-refractivity contribution in [3.8, 4) is 5.75 Å². The molecule has 2 rings (SSSR count). The molecule has 0 aliphatic heterocycles. The van der Waals surface area contributed by atoms with E-state index in [4.69, 9.17) is 4.74 Å². The number of aromatic amines is 1. The summed E-state index contributed by atoms with van der Waals surface area (Å²) in [6.45, 7) is 6.27. The maximum Gasteiger partial charge on any atom is 0.192 e. The molecule has 0 radical (unpaired) electrons. The van der Waals surface area contributed by atoms with E-state index in [1.807, 2.05) is 32.9 Å². The van der Waals surface area contributed by atoms with E-state index < -0.39 is 0 Å². The van der Waals surface area contributed by atoms with Gasteiger partial charge in [-0.2, -0.15) is 0 Å². The molecule has 0 saturated heterocycles. The van der Waals surface area contributed by atoms with Gasteiger partial charge in [-0.3, -0.25) is 4.79 Å². The van der Waals surface area contributed by atoms with E-state index in [1.165, 1.54) is 0 Å². The summed E-state index contributed by atoms with van der Waals surface area (Å²) < 4.78 is 5.39. The Balaban J connectivity index is 2.73. The minimum atomic E-state index is 0.0767. The number of aromatic nitrogens is 1. The molecule has 1 aromatic heterocycles. The molecule has 0 fully saturated rings. The molecular formula is C13H15NO2. The summed E-state index contributed by atoms with van der Waals surface area (Å²) in [6.07, 6.45) is 0. The molecule has 3 heteroatoms. The van der Waals surface area contributed by atoms with E-state index >= 15 is 0 Å². The van der Waals surface area contributed by atoms with Crippen molar-refractivity contribution in [2.75, 3.05) is 6.61 Å². The molecule has 0 atom stereocenters. The summed E-state index contributed by atoms with van der Waals surface area (Å²) in [5.74, 6) is 0.740. The molecule has 3 nitrogen and oxygen atoms in total. The van der Waals surface area contributed by atoms with Crippen molar-refractivity contribution in [1.82, 2.24) is 4.98 Å². The van der Waals surface area contributed by atoms with E-state index in [0.717, 1.165) is 22.5 Å². The van der Waals surface area contributed by atoms with Gasteiger partial charge in [-0.1, -0.05) is 0 Å². The van der Waals surface area contributed by atoms with Crippen LogP contribution in [0.3, 0.4) is 0 Å². The average Bonchev–Trinajstić information content (AvgIpc) is 2.28. The molecule has 0 unspecified atom stereocenters. The van der Waals surface area contributed by atoms with Crippen molar-refractivity contribution in [2.24, 2.45) is 0 Å². The van der Waals surface area contributed by atoms with Gasteiger partial charge in [-0.15, -0.1) is 0 Å². The minimum absolute atomic E-state index is 0.0767. The highest BCUT2D eigenvalue weighted by molar-refractivity contribution is 5.80. The van der Waals surface area contributed by atoms with E-state index in [9.17, 15) is 4.79 Å². The fourth-order valence-electron chi connectivity index (χ4n) is 1.74. The van der Waals surface area contributed by atoms with Crippen molar-refractivity contribution in [2.45, 2.75) is 20.8 Å². The second kappa shape index (κ2) is 4.00. The van der Waals surface area contributed by atoms with Crippen molar-refractivity contribution in [1.29, 1.82) is 0 Å². The van der Waals surface area contributed by atoms with Crippen molar-refractivity contribution >= 4 is 10.9 Å². The number of hydrogen-bond donors (Lipinski definition) is 1. The van der Waals surface area contributed by atoms with Gasteiger partial charge in [0, 0.05) is 22.2 Å². The Morgan fingerprint density at radius 1 is 1.31 bits per heavy atom. The zero-order valence-corrected chi connectivity index (χ0v) is 9.76. The van der Waals surface area contributed by atoms with E-state index in [0.29, 0.717) is 12.0 Å². The number of benzene rings is 1. The zero-order chi connectivity index (χ0) is 11.7. The minimum Gasteiger partial charge on any atom is -0.494 e. The summed E-state index contributed by atoms with van der Waals surface area (Å²) in [7, 11) is 0. The molecule has 0 aliphatic rings. The molecule has 16 heavy (non-hydrogen) atoms. The fraction of sp³-hybridized carbons (Fsp3) is 0.308. The lowest BCUT2D eigenvalue weighted by atomic mass is 10.1. The van der Waals surface area contributed by atoms with Crippen LogP contribution < -0.4 is 10.2 Å². The number of H-pyrrole nitrogens is 1. The Morgan fingerprint density at radius 3 is 2.75 bits per heavy atom. The Kier molecular flexibility index (Phi) is 2.69. The summed E-state index contributed by atoms with van der Waals surface area (Å²) in [5.41, 5.74) is 2.62. The summed E-state index contributed by atoms with van der Waals surface area (Å²) in [4.78, 5) is 15.2. The highest BCUT2D eigenvalue weighted by Gasteiger charge is 2.06. The van der Waals surface area contributed by atoms with Gasteiger partial charge in [0.15, 0.2) is 5.43 Å². The predicted molar refractivity (Wildman–Crippen MR) is 65.2 cm³/mol. The molecule has 1 aromatic carbocycles. The van der Waals surface area contributed by atoms with Crippen LogP contribution in [-0.4, -0.2) is 11.6 Å². The second-order valence-corrected chi connectivity index (χ2v) is 3.84. The molecule has 1 heterocycles. The van der Waals surface area contributed by atoms with E-state index in [2.05, 4.69) is 4.98 Å². The van der Waals surface area contributed by atoms with Crippen LogP contribution in [0.2, 0.25) is 0 Å². The molecule has 1 N–H and O–H groups in total. The van der Waals surface area contributed by atoms with Gasteiger partial charge in [-0.05, 0) is 39.0 Å². The Morgan fingerprint density at radius 2 is 2.06 bits per heavy atom. The topological polar surface area (TPSA) is 42.1 Å². The average molecular weight is 217 g/mol. The maximum atomic E-state index is 12.0. The number of fused-ring (bicyclic) bond motifs is 1. The Labute approximate surface area is 94.1 Å². The van der Waals surface area contributed by atoms with Crippen molar-refractivity contribution in [3.63, 3.8) is 0 Å². The monoisotopic (exact) mass is 217 g/mol. The first-order valence-corrected chi connectivity index (χ1v) is 5.39. The van der Waals surface area contributed by atoms with Crippen LogP contribution in [0.4, 0.5) is 0 Å². The van der Waals surface area contributed by atoms with E-state index in [1.54, 1.807) is 6.07 Å². The third-order valence-electron chi connectivity index (χ3n) is 2.77. The van der Waals surface area contributed by atoms with Crippen LogP contribution in [0.1, 0.15) is 18.2 Å². The first-order valence-electron chi connectivity index (χ1n) is 5.39. The lowest BCUT2D eigenvalue weighted by Crippen LogP contribution is -2.09. The number of rotatable bonds is 2. The largest absolute Gasteiger partial charge is 0.494 e. The Hall–Kier alpha value is -1.77. The van der Waals surface area contributed by atoms with Crippen LogP contribution >= 0.6 is 0 Å². The molecular weight excluding hydrogens is 202 g/mol. The molecule has 0 saturated carbocycles. The molecule has 0 spiro atoms. The fourth-order valence-corrected chi connectivity index (χ4v) is 1.74.